The quantitative estimate of drug-likeness (QED) is 0.350. The third kappa shape index (κ3) is 4.67. The molecule has 2 aliphatic rings. The molecule has 2 aromatic heterocycles. The molecule has 0 bridgehead atoms. The Balaban J connectivity index is 1.37. The van der Waals surface area contributed by atoms with Crippen LogP contribution in [0, 0.1) is 11.1 Å². The van der Waals surface area contributed by atoms with E-state index in [0.29, 0.717) is 11.3 Å². The number of ketones is 1. The Labute approximate surface area is 224 Å². The first-order valence-electron chi connectivity index (χ1n) is 12.4. The smallest absolute Gasteiger partial charge is 0.323 e. The molecule has 0 spiro atoms. The van der Waals surface area contributed by atoms with Gasteiger partial charge in [0.2, 0.25) is 5.91 Å². The Morgan fingerprint density at radius 2 is 1.92 bits per heavy atom. The molecule has 4 heterocycles. The van der Waals surface area contributed by atoms with Crippen molar-refractivity contribution in [2.24, 2.45) is 5.92 Å². The van der Waals surface area contributed by atoms with Gasteiger partial charge in [-0.25, -0.2) is 8.42 Å². The molecule has 0 radical (unpaired) electrons. The molecule has 3 unspecified atom stereocenters. The monoisotopic (exact) mass is 556 g/mol. The first-order valence-corrected chi connectivity index (χ1v) is 14.7. The topological polar surface area (TPSA) is 131 Å². The Kier molecular flexibility index (Phi) is 6.97. The number of benzene rings is 1. The Bertz CT molecular complexity index is 1490. The van der Waals surface area contributed by atoms with Gasteiger partial charge in [-0.05, 0) is 42.3 Å². The zero-order valence-electron chi connectivity index (χ0n) is 20.9. The van der Waals surface area contributed by atoms with Gasteiger partial charge in [0.25, 0.3) is 5.91 Å². The van der Waals surface area contributed by atoms with Gasteiger partial charge >= 0.3 is 15.0 Å². The largest absolute Gasteiger partial charge is 0.618 e. The molecule has 3 aromatic rings. The molecule has 3 atom stereocenters. The standard InChI is InChI=1S/C26H28N4O6S2/c1-16(2)13-18(27-25(32)22-14-17-7-3-4-8-21(17)37-22)26(33)28-12-10-19-24(28)20(31)15-30(19)38(35,36)23-9-5-6-11-29(23)34/h3-9,11,14,16,18-19,24H,10,12-13,15H2,1-2H3,(H,27,32). The van der Waals surface area contributed by atoms with Gasteiger partial charge in [0.1, 0.15) is 12.1 Å². The zero-order valence-corrected chi connectivity index (χ0v) is 22.6. The van der Waals surface area contributed by atoms with E-state index < -0.39 is 51.4 Å². The molecular weight excluding hydrogens is 528 g/mol. The molecular formula is C26H28N4O6S2. The van der Waals surface area contributed by atoms with Crippen LogP contribution in [0.4, 0.5) is 0 Å². The van der Waals surface area contributed by atoms with E-state index in [1.54, 1.807) is 6.07 Å². The summed E-state index contributed by atoms with van der Waals surface area (Å²) in [6.45, 7) is 3.63. The van der Waals surface area contributed by atoms with Gasteiger partial charge in [0.05, 0.1) is 17.5 Å². The van der Waals surface area contributed by atoms with Crippen molar-refractivity contribution in [1.82, 2.24) is 14.5 Å². The van der Waals surface area contributed by atoms with Gasteiger partial charge in [-0.3, -0.25) is 14.4 Å². The van der Waals surface area contributed by atoms with Gasteiger partial charge in [-0.1, -0.05) is 32.0 Å². The number of Topliss-reactive ketones (excluding diaryl/α,β-unsaturated/α-hetero) is 1. The van der Waals surface area contributed by atoms with Gasteiger partial charge in [0.15, 0.2) is 12.0 Å². The van der Waals surface area contributed by atoms with E-state index in [9.17, 15) is 28.0 Å². The molecule has 1 aromatic carbocycles. The number of nitrogens with zero attached hydrogens (tertiary/aromatic N) is 3. The average molecular weight is 557 g/mol. The summed E-state index contributed by atoms with van der Waals surface area (Å²) in [6.07, 6.45) is 1.70. The second kappa shape index (κ2) is 10.1. The van der Waals surface area contributed by atoms with Gasteiger partial charge in [-0.2, -0.15) is 9.04 Å². The van der Waals surface area contributed by atoms with Crippen molar-refractivity contribution in [3.05, 3.63) is 64.8 Å². The summed E-state index contributed by atoms with van der Waals surface area (Å²) < 4.78 is 28.8. The summed E-state index contributed by atoms with van der Waals surface area (Å²) in [4.78, 5) is 41.8. The second-order valence-electron chi connectivity index (χ2n) is 10.0. The SMILES string of the molecule is CC(C)CC(NC(=O)c1cc2ccccc2s1)C(=O)N1CCC2C1C(=O)CN2S(=O)(=O)c1cccc[n+]1[O-]. The van der Waals surface area contributed by atoms with E-state index in [2.05, 4.69) is 5.32 Å². The van der Waals surface area contributed by atoms with Crippen LogP contribution in [0.25, 0.3) is 10.1 Å². The maximum Gasteiger partial charge on any atom is 0.323 e. The highest BCUT2D eigenvalue weighted by molar-refractivity contribution is 7.89. The van der Waals surface area contributed by atoms with Crippen molar-refractivity contribution in [3.8, 4) is 0 Å². The molecule has 2 amide bonds. The second-order valence-corrected chi connectivity index (χ2v) is 12.9. The van der Waals surface area contributed by atoms with Crippen molar-refractivity contribution < 1.29 is 27.5 Å². The third-order valence-electron chi connectivity index (χ3n) is 6.98. The lowest BCUT2D eigenvalue weighted by atomic mass is 10.0. The van der Waals surface area contributed by atoms with Gasteiger partial charge < -0.3 is 15.4 Å². The van der Waals surface area contributed by atoms with Gasteiger partial charge in [0, 0.05) is 23.4 Å². The minimum Gasteiger partial charge on any atom is -0.618 e. The van der Waals surface area contributed by atoms with Crippen LogP contribution in [0.3, 0.4) is 0 Å². The van der Waals surface area contributed by atoms with Crippen LogP contribution in [-0.4, -0.2) is 66.4 Å². The minimum absolute atomic E-state index is 0.0757. The molecule has 38 heavy (non-hydrogen) atoms. The number of pyridine rings is 1. The molecule has 5 rings (SSSR count). The fourth-order valence-electron chi connectivity index (χ4n) is 5.29. The zero-order chi connectivity index (χ0) is 27.2. The molecule has 200 valence electrons. The lowest BCUT2D eigenvalue weighted by molar-refractivity contribution is -0.646. The fourth-order valence-corrected chi connectivity index (χ4v) is 7.91. The summed E-state index contributed by atoms with van der Waals surface area (Å²) in [6, 6.07) is 10.9. The highest BCUT2D eigenvalue weighted by Crippen LogP contribution is 2.34. The number of fused-ring (bicyclic) bond motifs is 2. The number of nitrogens with one attached hydrogen (secondary N) is 1. The number of rotatable bonds is 7. The molecule has 0 aliphatic carbocycles. The van der Waals surface area contributed by atoms with E-state index in [0.717, 1.165) is 20.6 Å². The number of carbonyl (C=O) groups excluding carboxylic acids is 3. The first-order chi connectivity index (χ1) is 18.1. The van der Waals surface area contributed by atoms with Crippen LogP contribution in [0.5, 0.6) is 0 Å². The Morgan fingerprint density at radius 1 is 1.18 bits per heavy atom. The van der Waals surface area contributed by atoms with Crippen LogP contribution >= 0.6 is 11.3 Å². The number of hydrogen-bond acceptors (Lipinski definition) is 7. The normalized spacial score (nSPS) is 20.7. The highest BCUT2D eigenvalue weighted by atomic mass is 32.2. The van der Waals surface area contributed by atoms with Crippen LogP contribution in [0.1, 0.15) is 36.4 Å². The van der Waals surface area contributed by atoms with Crippen LogP contribution in [0.15, 0.2) is 59.8 Å². The van der Waals surface area contributed by atoms with Crippen molar-refractivity contribution >= 4 is 49.0 Å². The van der Waals surface area contributed by atoms with Crippen LogP contribution in [0.2, 0.25) is 0 Å². The van der Waals surface area contributed by atoms with Crippen molar-refractivity contribution in [1.29, 1.82) is 0 Å². The number of thiophene rings is 1. The molecule has 0 saturated carbocycles. The van der Waals surface area contributed by atoms with Crippen molar-refractivity contribution in [3.63, 3.8) is 0 Å². The van der Waals surface area contributed by atoms with Gasteiger partial charge in [-0.15, -0.1) is 11.3 Å². The molecule has 1 N–H and O–H groups in total. The molecule has 2 fully saturated rings. The number of likely N-dealkylation sites (tertiary alicyclic amines) is 1. The number of amides is 2. The average Bonchev–Trinajstić information content (AvgIpc) is 3.58. The summed E-state index contributed by atoms with van der Waals surface area (Å²) in [7, 11) is -4.26. The van der Waals surface area contributed by atoms with E-state index in [-0.39, 0.29) is 29.5 Å². The van der Waals surface area contributed by atoms with E-state index in [4.69, 9.17) is 0 Å². The molecule has 10 nitrogen and oxygen atoms in total. The first kappa shape index (κ1) is 26.3. The minimum atomic E-state index is -4.26. The predicted octanol–water partition coefficient (Wildman–Crippen LogP) is 1.92. The molecule has 2 saturated heterocycles. The Hall–Kier alpha value is -3.35. The van der Waals surface area contributed by atoms with Crippen molar-refractivity contribution in [2.75, 3.05) is 13.1 Å². The van der Waals surface area contributed by atoms with Crippen LogP contribution in [-0.2, 0) is 19.6 Å². The predicted molar refractivity (Wildman–Crippen MR) is 141 cm³/mol. The van der Waals surface area contributed by atoms with E-state index in [1.807, 2.05) is 38.1 Å². The number of carbonyl (C=O) groups is 3. The molecule has 2 aliphatic heterocycles. The fraction of sp³-hybridized carbons (Fsp3) is 0.385. The lowest BCUT2D eigenvalue weighted by Gasteiger charge is -2.29. The Morgan fingerprint density at radius 3 is 2.63 bits per heavy atom. The summed E-state index contributed by atoms with van der Waals surface area (Å²) >= 11 is 1.34. The number of sulfonamides is 1. The van der Waals surface area contributed by atoms with E-state index in [1.165, 1.54) is 34.4 Å². The summed E-state index contributed by atoms with van der Waals surface area (Å²) in [5.41, 5.74) is 0. The molecule has 12 heteroatoms. The lowest BCUT2D eigenvalue weighted by Crippen LogP contribution is -2.53. The summed E-state index contributed by atoms with van der Waals surface area (Å²) in [5.74, 6) is -1.11. The van der Waals surface area contributed by atoms with Crippen molar-refractivity contribution in [2.45, 2.75) is 49.8 Å². The van der Waals surface area contributed by atoms with E-state index >= 15 is 0 Å². The van der Waals surface area contributed by atoms with Crippen LogP contribution < -0.4 is 10.0 Å². The third-order valence-corrected chi connectivity index (χ3v) is 9.96. The summed E-state index contributed by atoms with van der Waals surface area (Å²) in [5, 5.41) is 15.5. The number of aromatic nitrogens is 1. The maximum absolute atomic E-state index is 13.7. The highest BCUT2D eigenvalue weighted by Gasteiger charge is 2.55. The maximum atomic E-state index is 13.7. The number of hydrogen-bond donors (Lipinski definition) is 1.